The summed E-state index contributed by atoms with van der Waals surface area (Å²) in [7, 11) is 0. The van der Waals surface area contributed by atoms with E-state index in [-0.39, 0.29) is 6.10 Å². The summed E-state index contributed by atoms with van der Waals surface area (Å²) < 4.78 is 0. The van der Waals surface area contributed by atoms with Crippen LogP contribution < -0.4 is 0 Å². The summed E-state index contributed by atoms with van der Waals surface area (Å²) in [6, 6.07) is 0.541. The van der Waals surface area contributed by atoms with Gasteiger partial charge in [0.15, 0.2) is 0 Å². The summed E-state index contributed by atoms with van der Waals surface area (Å²) in [4.78, 5) is 2.24. The lowest BCUT2D eigenvalue weighted by Crippen LogP contribution is -2.36. The van der Waals surface area contributed by atoms with E-state index >= 15 is 0 Å². The minimum Gasteiger partial charge on any atom is -0.392 e. The van der Waals surface area contributed by atoms with Crippen molar-refractivity contribution in [3.05, 3.63) is 0 Å². The van der Waals surface area contributed by atoms with E-state index in [0.717, 1.165) is 13.1 Å². The van der Waals surface area contributed by atoms with E-state index in [9.17, 15) is 0 Å². The number of likely N-dealkylation sites (N-methyl/N-ethyl adjacent to an activating group) is 1. The first-order chi connectivity index (χ1) is 5.57. The molecule has 0 aliphatic heterocycles. The van der Waals surface area contributed by atoms with Gasteiger partial charge in [0.1, 0.15) is 0 Å². The fraction of sp³-hybridized carbons (Fsp3) is 1.00. The van der Waals surface area contributed by atoms with Crippen molar-refractivity contribution in [3.8, 4) is 0 Å². The van der Waals surface area contributed by atoms with Crippen molar-refractivity contribution in [3.63, 3.8) is 0 Å². The van der Waals surface area contributed by atoms with Gasteiger partial charge in [0.25, 0.3) is 0 Å². The highest BCUT2D eigenvalue weighted by atomic mass is 16.3. The molecule has 12 heavy (non-hydrogen) atoms. The van der Waals surface area contributed by atoms with Crippen LogP contribution in [0.3, 0.4) is 0 Å². The molecule has 0 amide bonds. The van der Waals surface area contributed by atoms with Crippen molar-refractivity contribution in [2.24, 2.45) is 0 Å². The number of nitrogens with zero attached hydrogens (tertiary/aromatic N) is 1. The van der Waals surface area contributed by atoms with Gasteiger partial charge < -0.3 is 5.11 Å². The third-order valence-electron chi connectivity index (χ3n) is 1.64. The predicted molar refractivity (Wildman–Crippen MR) is 55.4 cm³/mol. The number of aliphatic hydroxyl groups excluding tert-OH is 1. The van der Waals surface area contributed by atoms with Gasteiger partial charge in [0.2, 0.25) is 0 Å². The van der Waals surface area contributed by atoms with Crippen LogP contribution in [-0.4, -0.2) is 35.2 Å². The standard InChI is InChI=1S/C8H19NO.C2H6/c1-5-9(7(2)3)6-8(4)10;1-2/h7-8,10H,5-6H2,1-4H3;1-2H3. The quantitative estimate of drug-likeness (QED) is 0.707. The lowest BCUT2D eigenvalue weighted by atomic mass is 10.3. The fourth-order valence-corrected chi connectivity index (χ4v) is 1.04. The average Bonchev–Trinajstić information content (AvgIpc) is 2.03. The first kappa shape index (κ1) is 14.4. The Hall–Kier alpha value is -0.0800. The second-order valence-corrected chi connectivity index (χ2v) is 3.03. The van der Waals surface area contributed by atoms with Gasteiger partial charge >= 0.3 is 0 Å². The molecule has 0 saturated carbocycles. The summed E-state index contributed by atoms with van der Waals surface area (Å²) in [5.41, 5.74) is 0. The molecule has 0 aliphatic rings. The van der Waals surface area contributed by atoms with Crippen LogP contribution in [-0.2, 0) is 0 Å². The maximum absolute atomic E-state index is 9.06. The molecule has 0 bridgehead atoms. The Bertz CT molecular complexity index is 81.9. The van der Waals surface area contributed by atoms with Gasteiger partial charge in [0.05, 0.1) is 6.10 Å². The van der Waals surface area contributed by atoms with Crippen molar-refractivity contribution in [2.75, 3.05) is 13.1 Å². The molecular weight excluding hydrogens is 150 g/mol. The zero-order valence-electron chi connectivity index (χ0n) is 9.46. The molecule has 1 N–H and O–H groups in total. The molecule has 2 heteroatoms. The van der Waals surface area contributed by atoms with Crippen molar-refractivity contribution < 1.29 is 5.11 Å². The van der Waals surface area contributed by atoms with Crippen LogP contribution in [0.4, 0.5) is 0 Å². The summed E-state index contributed by atoms with van der Waals surface area (Å²) >= 11 is 0. The number of rotatable bonds is 4. The van der Waals surface area contributed by atoms with E-state index in [1.807, 2.05) is 20.8 Å². The second kappa shape index (κ2) is 9.01. The molecule has 1 unspecified atom stereocenters. The lowest BCUT2D eigenvalue weighted by molar-refractivity contribution is 0.112. The minimum absolute atomic E-state index is 0.206. The summed E-state index contributed by atoms with van der Waals surface area (Å²) in [6.45, 7) is 14.0. The first-order valence-electron chi connectivity index (χ1n) is 5.00. The maximum atomic E-state index is 9.06. The van der Waals surface area contributed by atoms with Crippen LogP contribution in [0.1, 0.15) is 41.5 Å². The third kappa shape index (κ3) is 8.02. The van der Waals surface area contributed by atoms with Crippen molar-refractivity contribution >= 4 is 0 Å². The number of aliphatic hydroxyl groups is 1. The van der Waals surface area contributed by atoms with E-state index in [4.69, 9.17) is 5.11 Å². The average molecular weight is 175 g/mol. The second-order valence-electron chi connectivity index (χ2n) is 3.03. The van der Waals surface area contributed by atoms with Gasteiger partial charge in [-0.1, -0.05) is 20.8 Å². The monoisotopic (exact) mass is 175 g/mol. The van der Waals surface area contributed by atoms with Gasteiger partial charge in [0, 0.05) is 12.6 Å². The molecule has 0 radical (unpaired) electrons. The summed E-state index contributed by atoms with van der Waals surface area (Å²) in [6.07, 6.45) is -0.206. The van der Waals surface area contributed by atoms with Crippen LogP contribution in [0, 0.1) is 0 Å². The lowest BCUT2D eigenvalue weighted by Gasteiger charge is -2.25. The highest BCUT2D eigenvalue weighted by Crippen LogP contribution is 1.98. The number of hydrogen-bond donors (Lipinski definition) is 1. The van der Waals surface area contributed by atoms with E-state index in [1.165, 1.54) is 0 Å². The Morgan fingerprint density at radius 2 is 1.58 bits per heavy atom. The third-order valence-corrected chi connectivity index (χ3v) is 1.64. The van der Waals surface area contributed by atoms with Gasteiger partial charge in [-0.3, -0.25) is 4.90 Å². The molecule has 0 fully saturated rings. The predicted octanol–water partition coefficient (Wildman–Crippen LogP) is 2.12. The van der Waals surface area contributed by atoms with Crippen molar-refractivity contribution in [1.82, 2.24) is 4.90 Å². The van der Waals surface area contributed by atoms with Crippen LogP contribution >= 0.6 is 0 Å². The zero-order chi connectivity index (χ0) is 10.1. The molecule has 2 nitrogen and oxygen atoms in total. The molecule has 0 rings (SSSR count). The Labute approximate surface area is 77.6 Å². The van der Waals surface area contributed by atoms with Crippen LogP contribution in [0.2, 0.25) is 0 Å². The van der Waals surface area contributed by atoms with E-state index in [0.29, 0.717) is 6.04 Å². The summed E-state index contributed by atoms with van der Waals surface area (Å²) in [5.74, 6) is 0. The van der Waals surface area contributed by atoms with Gasteiger partial charge in [-0.15, -0.1) is 0 Å². The van der Waals surface area contributed by atoms with Gasteiger partial charge in [-0.2, -0.15) is 0 Å². The van der Waals surface area contributed by atoms with Crippen LogP contribution in [0.15, 0.2) is 0 Å². The van der Waals surface area contributed by atoms with E-state index in [2.05, 4.69) is 25.7 Å². The maximum Gasteiger partial charge on any atom is 0.0639 e. The normalized spacial score (nSPS) is 12.8. The topological polar surface area (TPSA) is 23.5 Å². The molecule has 0 aromatic heterocycles. The van der Waals surface area contributed by atoms with Gasteiger partial charge in [-0.25, -0.2) is 0 Å². The fourth-order valence-electron chi connectivity index (χ4n) is 1.04. The number of hydrogen-bond acceptors (Lipinski definition) is 2. The molecule has 0 aromatic carbocycles. The van der Waals surface area contributed by atoms with Crippen molar-refractivity contribution in [1.29, 1.82) is 0 Å². The van der Waals surface area contributed by atoms with E-state index < -0.39 is 0 Å². The molecule has 0 heterocycles. The molecule has 1 atom stereocenters. The van der Waals surface area contributed by atoms with Crippen molar-refractivity contribution in [2.45, 2.75) is 53.7 Å². The smallest absolute Gasteiger partial charge is 0.0639 e. The molecule has 0 spiro atoms. The summed E-state index contributed by atoms with van der Waals surface area (Å²) in [5, 5.41) is 9.06. The van der Waals surface area contributed by atoms with E-state index in [1.54, 1.807) is 0 Å². The minimum atomic E-state index is -0.206. The molecule has 76 valence electrons. The molecule has 0 aliphatic carbocycles. The molecule has 0 saturated heterocycles. The first-order valence-corrected chi connectivity index (χ1v) is 5.00. The highest BCUT2D eigenvalue weighted by molar-refractivity contribution is 4.62. The molecular formula is C10H25NO. The largest absolute Gasteiger partial charge is 0.392 e. The Kier molecular flexibility index (Phi) is 10.8. The SMILES string of the molecule is CC.CCN(CC(C)O)C(C)C. The molecule has 0 aromatic rings. The zero-order valence-corrected chi connectivity index (χ0v) is 9.46. The van der Waals surface area contributed by atoms with Gasteiger partial charge in [-0.05, 0) is 27.3 Å². The van der Waals surface area contributed by atoms with Crippen LogP contribution in [0.25, 0.3) is 0 Å². The Morgan fingerprint density at radius 1 is 1.17 bits per heavy atom. The Morgan fingerprint density at radius 3 is 1.67 bits per heavy atom. The Balaban J connectivity index is 0. The highest BCUT2D eigenvalue weighted by Gasteiger charge is 2.08. The van der Waals surface area contributed by atoms with Crippen LogP contribution in [0.5, 0.6) is 0 Å².